The number of carbonyl (C=O) groups excluding carboxylic acids is 1. The molecule has 0 aliphatic carbocycles. The Morgan fingerprint density at radius 2 is 1.97 bits per heavy atom. The Labute approximate surface area is 174 Å². The molecular formula is C20H37N7O2. The first-order chi connectivity index (χ1) is 13.6. The van der Waals surface area contributed by atoms with E-state index in [9.17, 15) is 4.79 Å². The van der Waals surface area contributed by atoms with E-state index in [-0.39, 0.29) is 6.09 Å². The first-order valence-corrected chi connectivity index (χ1v) is 10.4. The molecule has 0 atom stereocenters. The van der Waals surface area contributed by atoms with Gasteiger partial charge in [0, 0.05) is 40.3 Å². The summed E-state index contributed by atoms with van der Waals surface area (Å²) in [5.74, 6) is 3.12. The number of carbonyl (C=O) groups is 1. The zero-order valence-electron chi connectivity index (χ0n) is 19.0. The molecule has 0 unspecified atom stereocenters. The smallest absolute Gasteiger partial charge is 0.410 e. The molecule has 29 heavy (non-hydrogen) atoms. The van der Waals surface area contributed by atoms with Crippen LogP contribution in [0.15, 0.2) is 4.99 Å². The number of guanidine groups is 1. The molecule has 1 N–H and O–H groups in total. The van der Waals surface area contributed by atoms with E-state index >= 15 is 0 Å². The number of aliphatic imine (C=N–C) groups is 1. The van der Waals surface area contributed by atoms with Crippen LogP contribution in [0.1, 0.15) is 52.2 Å². The third kappa shape index (κ3) is 6.61. The molecule has 164 valence electrons. The molecule has 1 aliphatic rings. The Morgan fingerprint density at radius 1 is 1.31 bits per heavy atom. The molecule has 1 saturated heterocycles. The zero-order valence-corrected chi connectivity index (χ0v) is 19.0. The SMILES string of the molecule is CCN(CC1CCN(C(=NC)NCc2nnc(C)n2C)CC1)C(=O)OC(C)(C)C. The number of hydrogen-bond donors (Lipinski definition) is 1. The number of piperidine rings is 1. The van der Waals surface area contributed by atoms with Crippen LogP contribution < -0.4 is 5.32 Å². The number of ether oxygens (including phenoxy) is 1. The number of aromatic nitrogens is 3. The average molecular weight is 408 g/mol. The topological polar surface area (TPSA) is 87.9 Å². The summed E-state index contributed by atoms with van der Waals surface area (Å²) >= 11 is 0. The molecule has 2 rings (SSSR count). The Hall–Kier alpha value is -2.32. The van der Waals surface area contributed by atoms with Gasteiger partial charge < -0.3 is 24.4 Å². The van der Waals surface area contributed by atoms with Gasteiger partial charge in [0.15, 0.2) is 11.8 Å². The number of amides is 1. The molecule has 1 amide bonds. The number of likely N-dealkylation sites (tertiary alicyclic amines) is 1. The van der Waals surface area contributed by atoms with Crippen LogP contribution in [0.3, 0.4) is 0 Å². The maximum absolute atomic E-state index is 12.4. The lowest BCUT2D eigenvalue weighted by molar-refractivity contribution is 0.0214. The van der Waals surface area contributed by atoms with Crippen LogP contribution in [0.25, 0.3) is 0 Å². The standard InChI is InChI=1S/C20H37N7O2/c1-8-26(19(28)29-20(3,4)5)14-16-9-11-27(12-10-16)18(21-6)22-13-17-24-23-15(2)25(17)7/h16H,8-14H2,1-7H3,(H,21,22). The summed E-state index contributed by atoms with van der Waals surface area (Å²) in [5.41, 5.74) is -0.465. The van der Waals surface area contributed by atoms with Crippen LogP contribution >= 0.6 is 0 Å². The van der Waals surface area contributed by atoms with Crippen LogP contribution in [-0.4, -0.2) is 75.4 Å². The van der Waals surface area contributed by atoms with Crippen LogP contribution in [0.4, 0.5) is 4.79 Å². The average Bonchev–Trinajstić information content (AvgIpc) is 2.98. The first-order valence-electron chi connectivity index (χ1n) is 10.4. The van der Waals surface area contributed by atoms with Crippen molar-refractivity contribution in [1.29, 1.82) is 0 Å². The van der Waals surface area contributed by atoms with Gasteiger partial charge in [-0.3, -0.25) is 4.99 Å². The van der Waals surface area contributed by atoms with Crippen molar-refractivity contribution in [3.05, 3.63) is 11.6 Å². The largest absolute Gasteiger partial charge is 0.444 e. The molecule has 0 spiro atoms. The van der Waals surface area contributed by atoms with E-state index in [2.05, 4.69) is 25.4 Å². The van der Waals surface area contributed by atoms with E-state index in [1.54, 1.807) is 7.05 Å². The quantitative estimate of drug-likeness (QED) is 0.594. The van der Waals surface area contributed by atoms with Crippen molar-refractivity contribution < 1.29 is 9.53 Å². The highest BCUT2D eigenvalue weighted by Gasteiger charge is 2.27. The summed E-state index contributed by atoms with van der Waals surface area (Å²) in [6.45, 7) is 13.5. The van der Waals surface area contributed by atoms with E-state index in [1.165, 1.54) is 0 Å². The van der Waals surface area contributed by atoms with Crippen LogP contribution in [0, 0.1) is 12.8 Å². The van der Waals surface area contributed by atoms with Gasteiger partial charge >= 0.3 is 6.09 Å². The summed E-state index contributed by atoms with van der Waals surface area (Å²) in [6.07, 6.45) is 1.81. The molecule has 1 fully saturated rings. The Bertz CT molecular complexity index is 700. The van der Waals surface area contributed by atoms with Gasteiger partial charge in [0.1, 0.15) is 11.4 Å². The first kappa shape index (κ1) is 23.0. The van der Waals surface area contributed by atoms with Gasteiger partial charge in [-0.05, 0) is 53.4 Å². The van der Waals surface area contributed by atoms with E-state index in [0.29, 0.717) is 19.0 Å². The van der Waals surface area contributed by atoms with Gasteiger partial charge in [-0.15, -0.1) is 10.2 Å². The van der Waals surface area contributed by atoms with E-state index in [4.69, 9.17) is 4.74 Å². The lowest BCUT2D eigenvalue weighted by Crippen LogP contribution is -2.47. The molecule has 9 heteroatoms. The molecule has 1 aliphatic heterocycles. The van der Waals surface area contributed by atoms with Crippen molar-refractivity contribution in [2.45, 2.75) is 59.6 Å². The van der Waals surface area contributed by atoms with Crippen molar-refractivity contribution in [2.75, 3.05) is 33.2 Å². The molecular weight excluding hydrogens is 370 g/mol. The third-order valence-corrected chi connectivity index (χ3v) is 5.23. The minimum absolute atomic E-state index is 0.223. The molecule has 0 aromatic carbocycles. The van der Waals surface area contributed by atoms with Crippen LogP contribution in [0.2, 0.25) is 0 Å². The van der Waals surface area contributed by atoms with Gasteiger partial charge in [-0.1, -0.05) is 0 Å². The van der Waals surface area contributed by atoms with E-state index < -0.39 is 5.60 Å². The Morgan fingerprint density at radius 3 is 2.45 bits per heavy atom. The van der Waals surface area contributed by atoms with Crippen molar-refractivity contribution in [3.8, 4) is 0 Å². The van der Waals surface area contributed by atoms with E-state index in [0.717, 1.165) is 50.1 Å². The van der Waals surface area contributed by atoms with E-state index in [1.807, 2.05) is 51.1 Å². The maximum atomic E-state index is 12.4. The normalized spacial score (nSPS) is 16.1. The number of nitrogens with one attached hydrogen (secondary N) is 1. The van der Waals surface area contributed by atoms with Gasteiger partial charge in [0.05, 0.1) is 6.54 Å². The lowest BCUT2D eigenvalue weighted by atomic mass is 9.96. The summed E-state index contributed by atoms with van der Waals surface area (Å²) in [5, 5.41) is 11.7. The molecule has 0 radical (unpaired) electrons. The molecule has 1 aromatic rings. The maximum Gasteiger partial charge on any atom is 0.410 e. The molecule has 1 aromatic heterocycles. The zero-order chi connectivity index (χ0) is 21.6. The number of aryl methyl sites for hydroxylation is 1. The fourth-order valence-electron chi connectivity index (χ4n) is 3.39. The number of nitrogens with zero attached hydrogens (tertiary/aromatic N) is 6. The number of rotatable bonds is 5. The minimum Gasteiger partial charge on any atom is -0.444 e. The summed E-state index contributed by atoms with van der Waals surface area (Å²) in [7, 11) is 3.77. The molecule has 2 heterocycles. The minimum atomic E-state index is -0.465. The van der Waals surface area contributed by atoms with Gasteiger partial charge in [-0.2, -0.15) is 0 Å². The van der Waals surface area contributed by atoms with Crippen molar-refractivity contribution in [1.82, 2.24) is 29.9 Å². The highest BCUT2D eigenvalue weighted by Crippen LogP contribution is 2.20. The monoisotopic (exact) mass is 407 g/mol. The van der Waals surface area contributed by atoms with Crippen LogP contribution in [0.5, 0.6) is 0 Å². The van der Waals surface area contributed by atoms with Crippen molar-refractivity contribution in [2.24, 2.45) is 18.0 Å². The van der Waals surface area contributed by atoms with Gasteiger partial charge in [-0.25, -0.2) is 4.79 Å². The second-order valence-corrected chi connectivity index (χ2v) is 8.57. The Balaban J connectivity index is 1.83. The molecule has 9 nitrogen and oxygen atoms in total. The fourth-order valence-corrected chi connectivity index (χ4v) is 3.39. The second-order valence-electron chi connectivity index (χ2n) is 8.57. The molecule has 0 bridgehead atoms. The van der Waals surface area contributed by atoms with Crippen molar-refractivity contribution >= 4 is 12.1 Å². The van der Waals surface area contributed by atoms with Crippen molar-refractivity contribution in [3.63, 3.8) is 0 Å². The highest BCUT2D eigenvalue weighted by atomic mass is 16.6. The van der Waals surface area contributed by atoms with Gasteiger partial charge in [0.2, 0.25) is 0 Å². The lowest BCUT2D eigenvalue weighted by Gasteiger charge is -2.36. The predicted octanol–water partition coefficient (Wildman–Crippen LogP) is 2.17. The summed E-state index contributed by atoms with van der Waals surface area (Å²) in [4.78, 5) is 20.9. The molecule has 0 saturated carbocycles. The van der Waals surface area contributed by atoms with Gasteiger partial charge in [0.25, 0.3) is 0 Å². The predicted molar refractivity (Wildman–Crippen MR) is 114 cm³/mol. The summed E-state index contributed by atoms with van der Waals surface area (Å²) in [6, 6.07) is 0. The third-order valence-electron chi connectivity index (χ3n) is 5.23. The second kappa shape index (κ2) is 9.93. The Kier molecular flexibility index (Phi) is 7.87. The fraction of sp³-hybridized carbons (Fsp3) is 0.800. The highest BCUT2D eigenvalue weighted by molar-refractivity contribution is 5.79. The van der Waals surface area contributed by atoms with Crippen LogP contribution in [-0.2, 0) is 18.3 Å². The summed E-state index contributed by atoms with van der Waals surface area (Å²) < 4.78 is 7.50. The number of hydrogen-bond acceptors (Lipinski definition) is 5.